The Kier molecular flexibility index (Phi) is 6.23. The summed E-state index contributed by atoms with van der Waals surface area (Å²) in [5, 5.41) is 0.768. The van der Waals surface area contributed by atoms with Crippen LogP contribution >= 0.6 is 24.0 Å². The van der Waals surface area contributed by atoms with E-state index in [1.807, 2.05) is 18.2 Å². The lowest BCUT2D eigenvalue weighted by Crippen LogP contribution is -2.41. The number of morpholine rings is 1. The Morgan fingerprint density at radius 1 is 1.35 bits per heavy atom. The van der Waals surface area contributed by atoms with Gasteiger partial charge >= 0.3 is 0 Å². The standard InChI is InChI=1S/C12H17ClN2O.ClH/c13-11-3-1-2-10(8-11)12(9-14)15-4-6-16-7-5-15;/h1-3,8,12H,4-7,9,14H2;1H. The van der Waals surface area contributed by atoms with Crippen molar-refractivity contribution in [3.63, 3.8) is 0 Å². The van der Waals surface area contributed by atoms with Crippen molar-refractivity contribution < 1.29 is 4.74 Å². The number of rotatable bonds is 3. The Morgan fingerprint density at radius 3 is 2.65 bits per heavy atom. The molecule has 3 nitrogen and oxygen atoms in total. The van der Waals surface area contributed by atoms with Gasteiger partial charge in [0, 0.05) is 30.7 Å². The van der Waals surface area contributed by atoms with E-state index in [1.165, 1.54) is 5.56 Å². The van der Waals surface area contributed by atoms with E-state index in [-0.39, 0.29) is 18.4 Å². The quantitative estimate of drug-likeness (QED) is 0.919. The van der Waals surface area contributed by atoms with Gasteiger partial charge in [0.05, 0.1) is 13.2 Å². The Morgan fingerprint density at radius 2 is 2.06 bits per heavy atom. The predicted octanol–water partition coefficient (Wildman–Crippen LogP) is 2.09. The summed E-state index contributed by atoms with van der Waals surface area (Å²) in [7, 11) is 0. The highest BCUT2D eigenvalue weighted by Gasteiger charge is 2.21. The highest BCUT2D eigenvalue weighted by atomic mass is 35.5. The van der Waals surface area contributed by atoms with E-state index in [2.05, 4.69) is 11.0 Å². The molecular formula is C12H18Cl2N2O. The van der Waals surface area contributed by atoms with Gasteiger partial charge in [0.2, 0.25) is 0 Å². The average Bonchev–Trinajstić information content (AvgIpc) is 2.31. The van der Waals surface area contributed by atoms with Gasteiger partial charge in [0.25, 0.3) is 0 Å². The molecule has 5 heteroatoms. The van der Waals surface area contributed by atoms with Crippen LogP contribution in [0.5, 0.6) is 0 Å². The van der Waals surface area contributed by atoms with Crippen molar-refractivity contribution in [3.8, 4) is 0 Å². The number of hydrogen-bond acceptors (Lipinski definition) is 3. The summed E-state index contributed by atoms with van der Waals surface area (Å²) in [6, 6.07) is 8.19. The number of benzene rings is 1. The monoisotopic (exact) mass is 276 g/mol. The van der Waals surface area contributed by atoms with Crippen LogP contribution in [0.1, 0.15) is 11.6 Å². The van der Waals surface area contributed by atoms with Crippen molar-refractivity contribution in [1.82, 2.24) is 4.90 Å². The second kappa shape index (κ2) is 7.19. The molecule has 0 bridgehead atoms. The van der Waals surface area contributed by atoms with Crippen LogP contribution in [0.25, 0.3) is 0 Å². The summed E-state index contributed by atoms with van der Waals surface area (Å²) >= 11 is 6.00. The molecule has 0 radical (unpaired) electrons. The summed E-state index contributed by atoms with van der Waals surface area (Å²) in [6.45, 7) is 4.07. The molecule has 2 N–H and O–H groups in total. The molecule has 96 valence electrons. The average molecular weight is 277 g/mol. The van der Waals surface area contributed by atoms with Gasteiger partial charge in [-0.25, -0.2) is 0 Å². The van der Waals surface area contributed by atoms with Crippen LogP contribution in [0.3, 0.4) is 0 Å². The van der Waals surface area contributed by atoms with Gasteiger partial charge in [-0.2, -0.15) is 0 Å². The maximum atomic E-state index is 6.00. The summed E-state index contributed by atoms with van der Waals surface area (Å²) in [4.78, 5) is 2.36. The smallest absolute Gasteiger partial charge is 0.0594 e. The minimum Gasteiger partial charge on any atom is -0.379 e. The summed E-state index contributed by atoms with van der Waals surface area (Å²) in [5.74, 6) is 0. The fourth-order valence-corrected chi connectivity index (χ4v) is 2.30. The van der Waals surface area contributed by atoms with E-state index in [0.717, 1.165) is 31.3 Å². The van der Waals surface area contributed by atoms with Crippen molar-refractivity contribution in [2.24, 2.45) is 5.73 Å². The molecule has 17 heavy (non-hydrogen) atoms. The van der Waals surface area contributed by atoms with Gasteiger partial charge in [-0.15, -0.1) is 12.4 Å². The molecule has 0 amide bonds. The molecular weight excluding hydrogens is 259 g/mol. The molecule has 0 saturated carbocycles. The van der Waals surface area contributed by atoms with Gasteiger partial charge in [0.1, 0.15) is 0 Å². The molecule has 2 rings (SSSR count). The lowest BCUT2D eigenvalue weighted by atomic mass is 10.1. The first-order chi connectivity index (χ1) is 7.81. The SMILES string of the molecule is Cl.NCC(c1cccc(Cl)c1)N1CCOCC1. The second-order valence-electron chi connectivity index (χ2n) is 3.95. The van der Waals surface area contributed by atoms with Crippen molar-refractivity contribution >= 4 is 24.0 Å². The Bertz CT molecular complexity index is 343. The molecule has 0 aromatic heterocycles. The van der Waals surface area contributed by atoms with Crippen molar-refractivity contribution in [2.45, 2.75) is 6.04 Å². The van der Waals surface area contributed by atoms with Crippen LogP contribution in [-0.4, -0.2) is 37.7 Å². The van der Waals surface area contributed by atoms with Crippen LogP contribution in [-0.2, 0) is 4.74 Å². The third-order valence-electron chi connectivity index (χ3n) is 2.94. The Hall–Kier alpha value is -0.320. The fourth-order valence-electron chi connectivity index (χ4n) is 2.10. The van der Waals surface area contributed by atoms with Crippen molar-refractivity contribution in [1.29, 1.82) is 0 Å². The molecule has 1 aromatic carbocycles. The lowest BCUT2D eigenvalue weighted by Gasteiger charge is -2.34. The number of hydrogen-bond donors (Lipinski definition) is 1. The molecule has 0 spiro atoms. The predicted molar refractivity (Wildman–Crippen MR) is 72.9 cm³/mol. The molecule has 0 aliphatic carbocycles. The molecule has 1 heterocycles. The van der Waals surface area contributed by atoms with Gasteiger partial charge in [-0.05, 0) is 17.7 Å². The van der Waals surface area contributed by atoms with Gasteiger partial charge in [-0.3, -0.25) is 4.90 Å². The molecule has 1 atom stereocenters. The number of halogens is 2. The van der Waals surface area contributed by atoms with Crippen molar-refractivity contribution in [3.05, 3.63) is 34.9 Å². The minimum absolute atomic E-state index is 0. The zero-order chi connectivity index (χ0) is 11.4. The molecule has 1 aliphatic heterocycles. The van der Waals surface area contributed by atoms with E-state index in [0.29, 0.717) is 6.54 Å². The first kappa shape index (κ1) is 14.7. The molecule has 1 saturated heterocycles. The second-order valence-corrected chi connectivity index (χ2v) is 4.39. The van der Waals surface area contributed by atoms with Crippen molar-refractivity contribution in [2.75, 3.05) is 32.8 Å². The first-order valence-electron chi connectivity index (χ1n) is 5.58. The van der Waals surface area contributed by atoms with E-state index in [1.54, 1.807) is 0 Å². The van der Waals surface area contributed by atoms with E-state index < -0.39 is 0 Å². The van der Waals surface area contributed by atoms with Gasteiger partial charge in [0.15, 0.2) is 0 Å². The topological polar surface area (TPSA) is 38.5 Å². The van der Waals surface area contributed by atoms with Gasteiger partial charge in [-0.1, -0.05) is 23.7 Å². The van der Waals surface area contributed by atoms with Crippen LogP contribution < -0.4 is 5.73 Å². The number of nitrogens with zero attached hydrogens (tertiary/aromatic N) is 1. The summed E-state index contributed by atoms with van der Waals surface area (Å²) < 4.78 is 5.35. The first-order valence-corrected chi connectivity index (χ1v) is 5.96. The summed E-state index contributed by atoms with van der Waals surface area (Å²) in [6.07, 6.45) is 0. The van der Waals surface area contributed by atoms with E-state index >= 15 is 0 Å². The number of ether oxygens (including phenoxy) is 1. The highest BCUT2D eigenvalue weighted by Crippen LogP contribution is 2.23. The maximum absolute atomic E-state index is 6.00. The Balaban J connectivity index is 0.00000144. The Labute approximate surface area is 113 Å². The van der Waals surface area contributed by atoms with Crippen LogP contribution in [0.4, 0.5) is 0 Å². The zero-order valence-corrected chi connectivity index (χ0v) is 11.2. The van der Waals surface area contributed by atoms with E-state index in [9.17, 15) is 0 Å². The van der Waals surface area contributed by atoms with Crippen LogP contribution in [0.15, 0.2) is 24.3 Å². The van der Waals surface area contributed by atoms with E-state index in [4.69, 9.17) is 22.1 Å². The molecule has 1 aromatic rings. The molecule has 1 unspecified atom stereocenters. The minimum atomic E-state index is 0. The van der Waals surface area contributed by atoms with Crippen LogP contribution in [0.2, 0.25) is 5.02 Å². The third-order valence-corrected chi connectivity index (χ3v) is 3.18. The fraction of sp³-hybridized carbons (Fsp3) is 0.500. The third kappa shape index (κ3) is 3.83. The maximum Gasteiger partial charge on any atom is 0.0594 e. The zero-order valence-electron chi connectivity index (χ0n) is 9.64. The highest BCUT2D eigenvalue weighted by molar-refractivity contribution is 6.30. The molecule has 1 fully saturated rings. The summed E-state index contributed by atoms with van der Waals surface area (Å²) in [5.41, 5.74) is 7.05. The largest absolute Gasteiger partial charge is 0.379 e. The van der Waals surface area contributed by atoms with Crippen LogP contribution in [0, 0.1) is 0 Å². The number of nitrogens with two attached hydrogens (primary N) is 1. The van der Waals surface area contributed by atoms with Gasteiger partial charge < -0.3 is 10.5 Å². The molecule has 1 aliphatic rings. The normalized spacial score (nSPS) is 18.5. The lowest BCUT2D eigenvalue weighted by molar-refractivity contribution is 0.0179.